The molecule has 0 amide bonds. The molecule has 23 heavy (non-hydrogen) atoms. The van der Waals surface area contributed by atoms with E-state index in [2.05, 4.69) is 45.0 Å². The van der Waals surface area contributed by atoms with E-state index < -0.39 is 0 Å². The van der Waals surface area contributed by atoms with Crippen molar-refractivity contribution in [2.75, 3.05) is 0 Å². The maximum absolute atomic E-state index is 6.43. The minimum atomic E-state index is -0.273. The van der Waals surface area contributed by atoms with E-state index in [0.717, 1.165) is 18.8 Å². The Morgan fingerprint density at radius 2 is 1.91 bits per heavy atom. The summed E-state index contributed by atoms with van der Waals surface area (Å²) in [4.78, 5) is 0. The van der Waals surface area contributed by atoms with Crippen LogP contribution in [0.3, 0.4) is 0 Å². The Morgan fingerprint density at radius 1 is 1.22 bits per heavy atom. The highest BCUT2D eigenvalue weighted by molar-refractivity contribution is 6.47. The molecule has 5 atom stereocenters. The van der Waals surface area contributed by atoms with Crippen LogP contribution in [-0.4, -0.2) is 24.8 Å². The summed E-state index contributed by atoms with van der Waals surface area (Å²) in [6.07, 6.45) is 3.42. The fraction of sp³-hybridized carbons (Fsp3) is 0.667. The van der Waals surface area contributed by atoms with Crippen LogP contribution in [0.4, 0.5) is 0 Å². The zero-order valence-electron chi connectivity index (χ0n) is 14.2. The lowest BCUT2D eigenvalue weighted by Gasteiger charge is -2.64. The monoisotopic (exact) mass is 335 g/mol. The molecule has 126 valence electrons. The molecule has 3 saturated carbocycles. The molecule has 5 heteroatoms. The summed E-state index contributed by atoms with van der Waals surface area (Å²) in [7, 11) is -0.273. The van der Waals surface area contributed by atoms with Crippen molar-refractivity contribution in [2.24, 2.45) is 23.0 Å². The predicted molar refractivity (Wildman–Crippen MR) is 95.5 cm³/mol. The van der Waals surface area contributed by atoms with Crippen molar-refractivity contribution >= 4 is 19.5 Å². The molecule has 2 bridgehead atoms. The van der Waals surface area contributed by atoms with Crippen molar-refractivity contribution in [3.63, 3.8) is 0 Å². The highest BCUT2D eigenvalue weighted by atomic mass is 35.5. The van der Waals surface area contributed by atoms with Crippen LogP contribution < -0.4 is 5.73 Å². The van der Waals surface area contributed by atoms with E-state index in [1.807, 2.05) is 6.07 Å². The number of halogens is 1. The van der Waals surface area contributed by atoms with Crippen molar-refractivity contribution in [2.45, 2.75) is 57.7 Å². The lowest BCUT2D eigenvalue weighted by Crippen LogP contribution is -2.65. The van der Waals surface area contributed by atoms with Crippen molar-refractivity contribution < 1.29 is 9.31 Å². The molecule has 3 nitrogen and oxygen atoms in total. The van der Waals surface area contributed by atoms with Gasteiger partial charge in [0, 0.05) is 5.94 Å². The number of hydrogen-bond acceptors (Lipinski definition) is 3. The first-order valence-corrected chi connectivity index (χ1v) is 8.54. The van der Waals surface area contributed by atoms with Gasteiger partial charge >= 0.3 is 7.12 Å². The fourth-order valence-corrected chi connectivity index (χ4v) is 5.06. The van der Waals surface area contributed by atoms with Gasteiger partial charge in [0.2, 0.25) is 0 Å². The molecule has 0 spiro atoms. The molecule has 4 fully saturated rings. The molecule has 3 aliphatic carbocycles. The molecule has 0 aromatic heterocycles. The molecule has 5 rings (SSSR count). The van der Waals surface area contributed by atoms with Crippen LogP contribution in [-0.2, 0) is 15.7 Å². The van der Waals surface area contributed by atoms with Gasteiger partial charge in [0.05, 0.1) is 11.7 Å². The normalized spacial score (nSPS) is 38.3. The second-order valence-corrected chi connectivity index (χ2v) is 8.19. The Kier molecular flexibility index (Phi) is 4.33. The Labute approximate surface area is 145 Å². The predicted octanol–water partition coefficient (Wildman–Crippen LogP) is 3.25. The number of hydrogen-bond donors (Lipinski definition) is 1. The van der Waals surface area contributed by atoms with Crippen LogP contribution >= 0.6 is 12.4 Å². The lowest BCUT2D eigenvalue weighted by molar-refractivity contribution is -0.199. The lowest BCUT2D eigenvalue weighted by atomic mass is 9.43. The summed E-state index contributed by atoms with van der Waals surface area (Å²) in [6, 6.07) is 10.4. The molecule has 1 aromatic rings. The third-order valence-electron chi connectivity index (χ3n) is 6.63. The Bertz CT molecular complexity index is 569. The first-order chi connectivity index (χ1) is 10.4. The Hall–Kier alpha value is -0.545. The number of benzene rings is 1. The molecule has 2 N–H and O–H groups in total. The zero-order chi connectivity index (χ0) is 15.5. The average molecular weight is 336 g/mol. The van der Waals surface area contributed by atoms with Crippen LogP contribution in [0.25, 0.3) is 0 Å². The van der Waals surface area contributed by atoms with Crippen LogP contribution in [0, 0.1) is 17.3 Å². The average Bonchev–Trinajstić information content (AvgIpc) is 2.85. The first kappa shape index (κ1) is 17.3. The maximum Gasteiger partial charge on any atom is 0.475 e. The highest BCUT2D eigenvalue weighted by Gasteiger charge is 2.68. The number of nitrogens with two attached hydrogens (primary N) is 1. The Balaban J connectivity index is 0.00000156. The van der Waals surface area contributed by atoms with Gasteiger partial charge in [0.15, 0.2) is 0 Å². The standard InChI is InChI=1S/C18H26BNO2.ClH/c1-17(2)13-10-14(17)18(3)15(11-13)21-19(22-18)16(20)9-12-7-5-4-6-8-12;/h4-8,13-16H,9-11,20H2,1-3H3;1H/t13-,14+,15-,16+,18-;/m0./s1. The summed E-state index contributed by atoms with van der Waals surface area (Å²) < 4.78 is 12.7. The van der Waals surface area contributed by atoms with E-state index in [1.54, 1.807) is 0 Å². The van der Waals surface area contributed by atoms with Crippen LogP contribution in [0.5, 0.6) is 0 Å². The molecule has 0 unspecified atom stereocenters. The minimum Gasteiger partial charge on any atom is -0.404 e. The van der Waals surface area contributed by atoms with Crippen molar-refractivity contribution in [1.82, 2.24) is 0 Å². The molecular weight excluding hydrogens is 308 g/mol. The third-order valence-corrected chi connectivity index (χ3v) is 6.63. The van der Waals surface area contributed by atoms with E-state index in [9.17, 15) is 0 Å². The molecule has 1 saturated heterocycles. The molecule has 1 aliphatic heterocycles. The quantitative estimate of drug-likeness (QED) is 0.862. The zero-order valence-corrected chi connectivity index (χ0v) is 15.0. The summed E-state index contributed by atoms with van der Waals surface area (Å²) in [5.74, 6) is 1.27. The minimum absolute atomic E-state index is 0. The summed E-state index contributed by atoms with van der Waals surface area (Å²) in [6.45, 7) is 7.01. The molecule has 1 heterocycles. The molecule has 0 radical (unpaired) electrons. The van der Waals surface area contributed by atoms with Gasteiger partial charge in [-0.2, -0.15) is 0 Å². The molecular formula is C18H27BClNO2. The second-order valence-electron chi connectivity index (χ2n) is 8.19. The van der Waals surface area contributed by atoms with Gasteiger partial charge in [-0.25, -0.2) is 0 Å². The van der Waals surface area contributed by atoms with Crippen LogP contribution in [0.1, 0.15) is 39.2 Å². The topological polar surface area (TPSA) is 44.5 Å². The van der Waals surface area contributed by atoms with Gasteiger partial charge in [-0.15, -0.1) is 12.4 Å². The van der Waals surface area contributed by atoms with Gasteiger partial charge in [-0.05, 0) is 49.0 Å². The van der Waals surface area contributed by atoms with E-state index in [-0.39, 0.29) is 37.2 Å². The summed E-state index contributed by atoms with van der Waals surface area (Å²) in [5.41, 5.74) is 7.87. The highest BCUT2D eigenvalue weighted by Crippen LogP contribution is 2.65. The smallest absolute Gasteiger partial charge is 0.404 e. The van der Waals surface area contributed by atoms with E-state index in [4.69, 9.17) is 15.0 Å². The van der Waals surface area contributed by atoms with Crippen molar-refractivity contribution in [1.29, 1.82) is 0 Å². The summed E-state index contributed by atoms with van der Waals surface area (Å²) in [5, 5.41) is 0. The maximum atomic E-state index is 6.43. The van der Waals surface area contributed by atoms with Gasteiger partial charge in [-0.1, -0.05) is 44.2 Å². The van der Waals surface area contributed by atoms with Crippen LogP contribution in [0.2, 0.25) is 0 Å². The third kappa shape index (κ3) is 2.55. The largest absolute Gasteiger partial charge is 0.475 e. The second kappa shape index (κ2) is 5.77. The van der Waals surface area contributed by atoms with Gasteiger partial charge in [0.25, 0.3) is 0 Å². The fourth-order valence-electron chi connectivity index (χ4n) is 5.06. The van der Waals surface area contributed by atoms with Gasteiger partial charge < -0.3 is 15.0 Å². The van der Waals surface area contributed by atoms with E-state index >= 15 is 0 Å². The van der Waals surface area contributed by atoms with Crippen LogP contribution in [0.15, 0.2) is 30.3 Å². The summed E-state index contributed by atoms with van der Waals surface area (Å²) >= 11 is 0. The number of rotatable bonds is 3. The van der Waals surface area contributed by atoms with Crippen molar-refractivity contribution in [3.8, 4) is 0 Å². The molecule has 4 aliphatic rings. The SMILES string of the molecule is CC1(C)[C@@H]2C[C@@H]3OB([C@H](N)Cc4ccccc4)O[C@@]3(C)[C@@H]1C2.Cl. The Morgan fingerprint density at radius 3 is 2.57 bits per heavy atom. The van der Waals surface area contributed by atoms with E-state index in [1.165, 1.54) is 12.0 Å². The van der Waals surface area contributed by atoms with Gasteiger partial charge in [-0.3, -0.25) is 0 Å². The van der Waals surface area contributed by atoms with E-state index in [0.29, 0.717) is 11.3 Å². The van der Waals surface area contributed by atoms with Gasteiger partial charge in [0.1, 0.15) is 0 Å². The molecule has 1 aromatic carbocycles. The first-order valence-electron chi connectivity index (χ1n) is 8.54. The van der Waals surface area contributed by atoms with Crippen molar-refractivity contribution in [3.05, 3.63) is 35.9 Å².